The molecule has 1 fully saturated rings. The van der Waals surface area contributed by atoms with Crippen LogP contribution in [0.25, 0.3) is 10.9 Å². The van der Waals surface area contributed by atoms with Gasteiger partial charge >= 0.3 is 0 Å². The summed E-state index contributed by atoms with van der Waals surface area (Å²) >= 11 is 6.18. The maximum Gasteiger partial charge on any atom is 0.277 e. The molecule has 0 atom stereocenters. The lowest BCUT2D eigenvalue weighted by molar-refractivity contribution is 0.0705. The SMILES string of the molecule is Cn1cc(CNCC2CCN(c3ncc(C(=O)NO)cn3)CC2)c2cc(Cl)ccc21. The number of benzene rings is 1. The Morgan fingerprint density at radius 1 is 1.27 bits per heavy atom. The number of aryl methyl sites for hydroxylation is 1. The Morgan fingerprint density at radius 2 is 2.00 bits per heavy atom. The van der Waals surface area contributed by atoms with E-state index in [1.807, 2.05) is 12.1 Å². The van der Waals surface area contributed by atoms with Crippen molar-refractivity contribution >= 4 is 34.4 Å². The van der Waals surface area contributed by atoms with Gasteiger partial charge in [-0.2, -0.15) is 0 Å². The van der Waals surface area contributed by atoms with Gasteiger partial charge in [-0.1, -0.05) is 11.6 Å². The van der Waals surface area contributed by atoms with Crippen LogP contribution in [0.4, 0.5) is 5.95 Å². The predicted octanol–water partition coefficient (Wildman–Crippen LogP) is 2.75. The van der Waals surface area contributed by atoms with E-state index in [-0.39, 0.29) is 5.56 Å². The van der Waals surface area contributed by atoms with E-state index in [2.05, 4.69) is 44.1 Å². The van der Waals surface area contributed by atoms with Gasteiger partial charge in [0.05, 0.1) is 5.56 Å². The first-order valence-corrected chi connectivity index (χ1v) is 10.4. The fraction of sp³-hybridized carbons (Fsp3) is 0.381. The molecular weight excluding hydrogens is 404 g/mol. The number of carbonyl (C=O) groups excluding carboxylic acids is 1. The number of nitrogens with zero attached hydrogens (tertiary/aromatic N) is 4. The summed E-state index contributed by atoms with van der Waals surface area (Å²) in [5.74, 6) is 0.600. The van der Waals surface area contributed by atoms with E-state index >= 15 is 0 Å². The van der Waals surface area contributed by atoms with Crippen LogP contribution in [0.3, 0.4) is 0 Å². The zero-order valence-electron chi connectivity index (χ0n) is 16.8. The highest BCUT2D eigenvalue weighted by molar-refractivity contribution is 6.31. The first-order valence-electron chi connectivity index (χ1n) is 10.0. The normalized spacial score (nSPS) is 15.0. The number of aromatic nitrogens is 3. The molecule has 1 aliphatic heterocycles. The fourth-order valence-corrected chi connectivity index (χ4v) is 4.17. The van der Waals surface area contributed by atoms with E-state index in [4.69, 9.17) is 16.8 Å². The maximum absolute atomic E-state index is 11.4. The number of halogens is 1. The van der Waals surface area contributed by atoms with Gasteiger partial charge in [-0.05, 0) is 49.1 Å². The first-order chi connectivity index (χ1) is 14.5. The zero-order chi connectivity index (χ0) is 21.1. The van der Waals surface area contributed by atoms with Gasteiger partial charge in [0.15, 0.2) is 0 Å². The van der Waals surface area contributed by atoms with Crippen molar-refractivity contribution in [1.82, 2.24) is 25.3 Å². The van der Waals surface area contributed by atoms with Crippen LogP contribution < -0.4 is 15.7 Å². The summed E-state index contributed by atoms with van der Waals surface area (Å²) in [5.41, 5.74) is 4.26. The number of nitrogens with one attached hydrogen (secondary N) is 2. The van der Waals surface area contributed by atoms with Crippen molar-refractivity contribution < 1.29 is 10.0 Å². The number of anilines is 1. The van der Waals surface area contributed by atoms with Crippen LogP contribution in [-0.4, -0.2) is 45.3 Å². The third-order valence-corrected chi connectivity index (χ3v) is 5.92. The number of rotatable bonds is 6. The van der Waals surface area contributed by atoms with Crippen LogP contribution in [0.5, 0.6) is 0 Å². The van der Waals surface area contributed by atoms with Crippen LogP contribution >= 0.6 is 11.6 Å². The third kappa shape index (κ3) is 4.40. The Balaban J connectivity index is 1.27. The summed E-state index contributed by atoms with van der Waals surface area (Å²) in [6.07, 6.45) is 7.12. The maximum atomic E-state index is 11.4. The minimum Gasteiger partial charge on any atom is -0.350 e. The first kappa shape index (κ1) is 20.6. The molecule has 3 aromatic rings. The highest BCUT2D eigenvalue weighted by Crippen LogP contribution is 2.25. The number of hydrogen-bond donors (Lipinski definition) is 3. The Morgan fingerprint density at radius 3 is 2.70 bits per heavy atom. The summed E-state index contributed by atoms with van der Waals surface area (Å²) < 4.78 is 2.14. The summed E-state index contributed by atoms with van der Waals surface area (Å²) in [6, 6.07) is 6.01. The van der Waals surface area contributed by atoms with Crippen molar-refractivity contribution in [1.29, 1.82) is 0 Å². The number of hydroxylamine groups is 1. The van der Waals surface area contributed by atoms with Crippen LogP contribution in [0.1, 0.15) is 28.8 Å². The van der Waals surface area contributed by atoms with Crippen molar-refractivity contribution in [2.45, 2.75) is 19.4 Å². The van der Waals surface area contributed by atoms with E-state index in [9.17, 15) is 4.79 Å². The molecule has 0 unspecified atom stereocenters. The molecule has 30 heavy (non-hydrogen) atoms. The van der Waals surface area contributed by atoms with Crippen molar-refractivity contribution in [2.75, 3.05) is 24.5 Å². The Hall–Kier alpha value is -2.68. The standard InChI is InChI=1S/C21H25ClN6O2/c1-27-13-16(18-8-17(22)2-3-19(18)27)10-23-9-14-4-6-28(7-5-14)21-24-11-15(12-25-21)20(29)26-30/h2-3,8,11-14,23,30H,4-7,9-10H2,1H3,(H,26,29). The van der Waals surface area contributed by atoms with Crippen LogP contribution in [0.15, 0.2) is 36.8 Å². The molecule has 2 aromatic heterocycles. The van der Waals surface area contributed by atoms with E-state index in [1.54, 1.807) is 5.48 Å². The average Bonchev–Trinajstić information content (AvgIpc) is 3.08. The van der Waals surface area contributed by atoms with Gasteiger partial charge < -0.3 is 14.8 Å². The van der Waals surface area contributed by atoms with Gasteiger partial charge in [0.1, 0.15) is 0 Å². The topological polar surface area (TPSA) is 95.3 Å². The average molecular weight is 429 g/mol. The van der Waals surface area contributed by atoms with Gasteiger partial charge in [-0.15, -0.1) is 0 Å². The molecule has 0 aliphatic carbocycles. The third-order valence-electron chi connectivity index (χ3n) is 5.68. The minimum atomic E-state index is -0.611. The van der Waals surface area contributed by atoms with E-state index in [0.717, 1.165) is 44.0 Å². The van der Waals surface area contributed by atoms with E-state index in [1.165, 1.54) is 28.9 Å². The largest absolute Gasteiger partial charge is 0.350 e. The molecule has 3 heterocycles. The molecule has 8 nitrogen and oxygen atoms in total. The van der Waals surface area contributed by atoms with Crippen molar-refractivity contribution in [3.63, 3.8) is 0 Å². The van der Waals surface area contributed by atoms with Crippen LogP contribution in [0, 0.1) is 5.92 Å². The number of fused-ring (bicyclic) bond motifs is 1. The summed E-state index contributed by atoms with van der Waals surface area (Å²) in [4.78, 5) is 22.0. The monoisotopic (exact) mass is 428 g/mol. The molecule has 0 saturated carbocycles. The highest BCUT2D eigenvalue weighted by atomic mass is 35.5. The van der Waals surface area contributed by atoms with E-state index in [0.29, 0.717) is 11.9 Å². The smallest absolute Gasteiger partial charge is 0.277 e. The molecule has 0 radical (unpaired) electrons. The van der Waals surface area contributed by atoms with Crippen molar-refractivity contribution in [2.24, 2.45) is 13.0 Å². The molecule has 1 amide bonds. The minimum absolute atomic E-state index is 0.232. The number of amides is 1. The summed E-state index contributed by atoms with van der Waals surface area (Å²) in [7, 11) is 2.06. The van der Waals surface area contributed by atoms with Gasteiger partial charge in [0.2, 0.25) is 5.95 Å². The Kier molecular flexibility index (Phi) is 6.17. The number of hydrogen-bond acceptors (Lipinski definition) is 6. The van der Waals surface area contributed by atoms with Gasteiger partial charge in [-0.3, -0.25) is 10.0 Å². The van der Waals surface area contributed by atoms with Crippen LogP contribution in [-0.2, 0) is 13.6 Å². The molecule has 1 aromatic carbocycles. The molecule has 9 heteroatoms. The predicted molar refractivity (Wildman–Crippen MR) is 116 cm³/mol. The molecule has 0 bridgehead atoms. The highest BCUT2D eigenvalue weighted by Gasteiger charge is 2.21. The second-order valence-electron chi connectivity index (χ2n) is 7.70. The lowest BCUT2D eigenvalue weighted by Gasteiger charge is -2.32. The zero-order valence-corrected chi connectivity index (χ0v) is 17.6. The lowest BCUT2D eigenvalue weighted by atomic mass is 9.97. The molecule has 1 aliphatic rings. The second-order valence-corrected chi connectivity index (χ2v) is 8.14. The summed E-state index contributed by atoms with van der Waals surface area (Å²) in [6.45, 7) is 3.53. The van der Waals surface area contributed by atoms with Gasteiger partial charge in [0.25, 0.3) is 5.91 Å². The number of piperidine rings is 1. The molecule has 1 saturated heterocycles. The van der Waals surface area contributed by atoms with Crippen molar-refractivity contribution in [3.8, 4) is 0 Å². The summed E-state index contributed by atoms with van der Waals surface area (Å²) in [5, 5.41) is 14.2. The van der Waals surface area contributed by atoms with Crippen LogP contribution in [0.2, 0.25) is 5.02 Å². The van der Waals surface area contributed by atoms with Crippen molar-refractivity contribution in [3.05, 3.63) is 52.9 Å². The van der Waals surface area contributed by atoms with E-state index < -0.39 is 5.91 Å². The Labute approximate surface area is 179 Å². The quantitative estimate of drug-likeness (QED) is 0.412. The Bertz CT molecular complexity index is 1030. The lowest BCUT2D eigenvalue weighted by Crippen LogP contribution is -2.38. The van der Waals surface area contributed by atoms with Gasteiger partial charge in [-0.25, -0.2) is 15.4 Å². The van der Waals surface area contributed by atoms with Gasteiger partial charge in [0, 0.05) is 61.2 Å². The molecular formula is C21H25ClN6O2. The fourth-order valence-electron chi connectivity index (χ4n) is 4.00. The molecule has 158 valence electrons. The molecule has 4 rings (SSSR count). The molecule has 0 spiro atoms. The molecule has 3 N–H and O–H groups in total. The second kappa shape index (κ2) is 8.99. The number of carbonyl (C=O) groups is 1.